The molecule has 1 atom stereocenters. The van der Waals surface area contributed by atoms with Crippen LogP contribution in [0.15, 0.2) is 48.8 Å². The lowest BCUT2D eigenvalue weighted by molar-refractivity contribution is -0.246. The number of aliphatic hydroxyl groups excluding tert-OH is 2. The van der Waals surface area contributed by atoms with E-state index in [2.05, 4.69) is 25.9 Å². The molecule has 0 amide bonds. The summed E-state index contributed by atoms with van der Waals surface area (Å²) in [5.41, 5.74) is -2.25. The smallest absolute Gasteiger partial charge is 0.394 e. The number of fused-ring (bicyclic) bond motifs is 3. The number of benzene rings is 2. The Kier molecular flexibility index (Phi) is 6.15. The van der Waals surface area contributed by atoms with Gasteiger partial charge in [0.05, 0.1) is 19.4 Å². The molecule has 0 saturated carbocycles. The monoisotopic (exact) mass is 488 g/mol. The number of nitrogens with zero attached hydrogens (tertiary/aromatic N) is 2. The summed E-state index contributed by atoms with van der Waals surface area (Å²) in [4.78, 5) is 0. The standard InChI is InChI=1S/C27H31F3N2O3/c1-24(2,3)10-9-17-11-20(18-13-31-32(14-18)25(4,15-33)16-34)23-19-7-5-6-8-21(19)26(35,22(23)12-17)27(28,29)30/h5-8,11-14,33-35H,9-10,15-16H2,1-4H3. The van der Waals surface area contributed by atoms with Crippen LogP contribution in [0, 0.1) is 5.41 Å². The number of aliphatic hydroxyl groups is 3. The lowest BCUT2D eigenvalue weighted by atomic mass is 9.84. The molecule has 0 spiro atoms. The highest BCUT2D eigenvalue weighted by molar-refractivity contribution is 5.92. The van der Waals surface area contributed by atoms with E-state index in [9.17, 15) is 28.5 Å². The SMILES string of the molecule is CC(C)(C)CCc1cc(-c2cnn(C(C)(CO)CO)c2)c2c(c1)C(O)(C(F)(F)F)c1ccccc1-2. The fraction of sp³-hybridized carbons (Fsp3) is 0.444. The second-order valence-electron chi connectivity index (χ2n) is 10.9. The zero-order chi connectivity index (χ0) is 25.8. The molecule has 1 heterocycles. The number of rotatable bonds is 6. The van der Waals surface area contributed by atoms with E-state index in [1.807, 2.05) is 6.07 Å². The summed E-state index contributed by atoms with van der Waals surface area (Å²) in [5.74, 6) is 0. The Balaban J connectivity index is 1.99. The minimum atomic E-state index is -4.93. The van der Waals surface area contributed by atoms with Crippen molar-refractivity contribution in [2.45, 2.75) is 57.9 Å². The van der Waals surface area contributed by atoms with Gasteiger partial charge in [-0.2, -0.15) is 18.3 Å². The Morgan fingerprint density at radius 2 is 1.60 bits per heavy atom. The normalized spacial score (nSPS) is 18.0. The second kappa shape index (κ2) is 8.47. The molecular weight excluding hydrogens is 457 g/mol. The summed E-state index contributed by atoms with van der Waals surface area (Å²) in [6.45, 7) is 7.09. The first-order valence-electron chi connectivity index (χ1n) is 11.6. The van der Waals surface area contributed by atoms with Gasteiger partial charge in [-0.25, -0.2) is 0 Å². The van der Waals surface area contributed by atoms with Crippen LogP contribution in [0.25, 0.3) is 22.3 Å². The van der Waals surface area contributed by atoms with Gasteiger partial charge in [-0.15, -0.1) is 0 Å². The summed E-state index contributed by atoms with van der Waals surface area (Å²) >= 11 is 0. The average molecular weight is 489 g/mol. The van der Waals surface area contributed by atoms with Crippen molar-refractivity contribution in [1.82, 2.24) is 9.78 Å². The number of hydrogen-bond acceptors (Lipinski definition) is 4. The van der Waals surface area contributed by atoms with Crippen LogP contribution < -0.4 is 0 Å². The Hall–Kier alpha value is -2.68. The van der Waals surface area contributed by atoms with E-state index in [0.717, 1.165) is 6.42 Å². The van der Waals surface area contributed by atoms with Crippen molar-refractivity contribution in [3.8, 4) is 22.3 Å². The van der Waals surface area contributed by atoms with Gasteiger partial charge in [0, 0.05) is 22.9 Å². The Morgan fingerprint density at radius 1 is 0.943 bits per heavy atom. The molecular formula is C27H31F3N2O3. The van der Waals surface area contributed by atoms with Crippen LogP contribution in [0.2, 0.25) is 0 Å². The molecule has 0 fully saturated rings. The Bertz CT molecular complexity index is 1240. The van der Waals surface area contributed by atoms with E-state index in [0.29, 0.717) is 34.2 Å². The third-order valence-electron chi connectivity index (χ3n) is 6.88. The van der Waals surface area contributed by atoms with Crippen LogP contribution in [0.4, 0.5) is 13.2 Å². The third kappa shape index (κ3) is 4.17. The van der Waals surface area contributed by atoms with Crippen molar-refractivity contribution in [3.63, 3.8) is 0 Å². The maximum Gasteiger partial charge on any atom is 0.425 e. The number of aromatic nitrogens is 2. The Morgan fingerprint density at radius 3 is 2.20 bits per heavy atom. The Labute approximate surface area is 202 Å². The first-order chi connectivity index (χ1) is 16.2. The van der Waals surface area contributed by atoms with E-state index >= 15 is 0 Å². The predicted molar refractivity (Wildman–Crippen MR) is 128 cm³/mol. The van der Waals surface area contributed by atoms with Crippen LogP contribution in [-0.4, -0.2) is 44.5 Å². The molecule has 0 bridgehead atoms. The van der Waals surface area contributed by atoms with E-state index in [-0.39, 0.29) is 29.8 Å². The van der Waals surface area contributed by atoms with Crippen LogP contribution in [0.5, 0.6) is 0 Å². The molecule has 0 saturated heterocycles. The number of alkyl halides is 3. The average Bonchev–Trinajstić information content (AvgIpc) is 3.39. The van der Waals surface area contributed by atoms with Gasteiger partial charge in [-0.1, -0.05) is 57.2 Å². The van der Waals surface area contributed by atoms with Crippen molar-refractivity contribution in [3.05, 3.63) is 65.5 Å². The molecule has 1 aromatic heterocycles. The van der Waals surface area contributed by atoms with Gasteiger partial charge in [0.2, 0.25) is 5.60 Å². The molecule has 2 aromatic carbocycles. The van der Waals surface area contributed by atoms with Gasteiger partial charge in [-0.3, -0.25) is 4.68 Å². The largest absolute Gasteiger partial charge is 0.425 e. The quantitative estimate of drug-likeness (QED) is 0.456. The van der Waals surface area contributed by atoms with E-state index in [4.69, 9.17) is 0 Å². The van der Waals surface area contributed by atoms with E-state index in [1.165, 1.54) is 29.1 Å². The number of aryl methyl sites for hydroxylation is 1. The van der Waals surface area contributed by atoms with Crippen molar-refractivity contribution >= 4 is 0 Å². The van der Waals surface area contributed by atoms with Crippen LogP contribution in [-0.2, 0) is 17.6 Å². The van der Waals surface area contributed by atoms with Gasteiger partial charge in [0.15, 0.2) is 0 Å². The molecule has 3 aromatic rings. The van der Waals surface area contributed by atoms with Crippen molar-refractivity contribution in [2.24, 2.45) is 5.41 Å². The van der Waals surface area contributed by atoms with Crippen LogP contribution in [0.1, 0.15) is 50.8 Å². The zero-order valence-corrected chi connectivity index (χ0v) is 20.3. The molecule has 5 nitrogen and oxygen atoms in total. The van der Waals surface area contributed by atoms with Gasteiger partial charge in [-0.05, 0) is 47.4 Å². The molecule has 35 heavy (non-hydrogen) atoms. The highest BCUT2D eigenvalue weighted by Gasteiger charge is 2.61. The minimum Gasteiger partial charge on any atom is -0.394 e. The second-order valence-corrected chi connectivity index (χ2v) is 10.9. The van der Waals surface area contributed by atoms with Crippen molar-refractivity contribution in [1.29, 1.82) is 0 Å². The zero-order valence-electron chi connectivity index (χ0n) is 20.3. The van der Waals surface area contributed by atoms with Crippen molar-refractivity contribution in [2.75, 3.05) is 13.2 Å². The molecule has 1 unspecified atom stereocenters. The topological polar surface area (TPSA) is 78.5 Å². The van der Waals surface area contributed by atoms with Crippen molar-refractivity contribution < 1.29 is 28.5 Å². The summed E-state index contributed by atoms with van der Waals surface area (Å²) in [7, 11) is 0. The van der Waals surface area contributed by atoms with Gasteiger partial charge < -0.3 is 15.3 Å². The molecule has 4 rings (SSSR count). The number of halogens is 3. The highest BCUT2D eigenvalue weighted by atomic mass is 19.4. The molecule has 1 aliphatic carbocycles. The maximum atomic E-state index is 14.5. The first kappa shape index (κ1) is 25.4. The van der Waals surface area contributed by atoms with Gasteiger partial charge in [0.1, 0.15) is 5.54 Å². The minimum absolute atomic E-state index is 0.0303. The first-order valence-corrected chi connectivity index (χ1v) is 11.6. The predicted octanol–water partition coefficient (Wildman–Crippen LogP) is 5.01. The summed E-state index contributed by atoms with van der Waals surface area (Å²) in [6.07, 6.45) is -0.517. The third-order valence-corrected chi connectivity index (χ3v) is 6.88. The maximum absolute atomic E-state index is 14.5. The van der Waals surface area contributed by atoms with E-state index in [1.54, 1.807) is 25.3 Å². The lowest BCUT2D eigenvalue weighted by Gasteiger charge is -2.29. The lowest BCUT2D eigenvalue weighted by Crippen LogP contribution is -2.41. The molecule has 1 aliphatic rings. The molecule has 0 aliphatic heterocycles. The van der Waals surface area contributed by atoms with Crippen LogP contribution >= 0.6 is 0 Å². The molecule has 0 radical (unpaired) electrons. The molecule has 3 N–H and O–H groups in total. The van der Waals surface area contributed by atoms with Gasteiger partial charge >= 0.3 is 6.18 Å². The fourth-order valence-electron chi connectivity index (χ4n) is 4.59. The molecule has 188 valence electrons. The molecule has 8 heteroatoms. The van der Waals surface area contributed by atoms with Gasteiger partial charge in [0.25, 0.3) is 0 Å². The summed E-state index contributed by atoms with van der Waals surface area (Å²) in [6, 6.07) is 9.40. The summed E-state index contributed by atoms with van der Waals surface area (Å²) in [5, 5.41) is 35.1. The number of hydrogen-bond donors (Lipinski definition) is 3. The van der Waals surface area contributed by atoms with E-state index < -0.39 is 17.3 Å². The summed E-state index contributed by atoms with van der Waals surface area (Å²) < 4.78 is 44.8. The van der Waals surface area contributed by atoms with Crippen LogP contribution in [0.3, 0.4) is 0 Å². The fourth-order valence-corrected chi connectivity index (χ4v) is 4.59. The highest BCUT2D eigenvalue weighted by Crippen LogP contribution is 2.57.